The Morgan fingerprint density at radius 1 is 1.21 bits per heavy atom. The Balaban J connectivity index is 1.89. The molecule has 0 bridgehead atoms. The summed E-state index contributed by atoms with van der Waals surface area (Å²) in [4.78, 5) is 36.6. The van der Waals surface area contributed by atoms with Gasteiger partial charge in [-0.2, -0.15) is 0 Å². The van der Waals surface area contributed by atoms with Gasteiger partial charge in [-0.05, 0) is 37.6 Å². The number of amides is 2. The maximum absolute atomic E-state index is 12.3. The van der Waals surface area contributed by atoms with E-state index in [4.69, 9.17) is 5.11 Å². The van der Waals surface area contributed by atoms with Gasteiger partial charge >= 0.3 is 5.97 Å². The lowest BCUT2D eigenvalue weighted by atomic mass is 9.85. The lowest BCUT2D eigenvalue weighted by molar-refractivity contribution is -0.139. The van der Waals surface area contributed by atoms with Crippen LogP contribution in [0.4, 0.5) is 0 Å². The number of carboxylic acids is 1. The predicted molar refractivity (Wildman–Crippen MR) is 89.0 cm³/mol. The molecule has 1 aromatic carbocycles. The third-order valence-corrected chi connectivity index (χ3v) is 4.32. The average molecular weight is 333 g/mol. The van der Waals surface area contributed by atoms with Crippen molar-refractivity contribution in [3.63, 3.8) is 0 Å². The molecule has 0 saturated heterocycles. The van der Waals surface area contributed by atoms with Crippen LogP contribution >= 0.6 is 0 Å². The van der Waals surface area contributed by atoms with Gasteiger partial charge in [0.2, 0.25) is 0 Å². The summed E-state index contributed by atoms with van der Waals surface area (Å²) in [6.45, 7) is 2.63. The number of aliphatic carboxylic acids is 1. The number of benzene rings is 1. The summed E-state index contributed by atoms with van der Waals surface area (Å²) in [5.41, 5.74) is 0.882. The van der Waals surface area contributed by atoms with Crippen LogP contribution in [0.15, 0.2) is 24.3 Å². The standard InChI is InChI=1S/C17H23N3O4/c1-3-20(10-15(21)22)14-8-13(9-14)19-17(24)12-6-4-5-11(7-12)16(23)18-2/h4-7,13-14H,3,8-10H2,1-2H3,(H,18,23)(H,19,24)(H,21,22). The lowest BCUT2D eigenvalue weighted by Crippen LogP contribution is -2.54. The van der Waals surface area contributed by atoms with Gasteiger partial charge < -0.3 is 15.7 Å². The normalized spacial score (nSPS) is 19.5. The first kappa shape index (κ1) is 17.9. The summed E-state index contributed by atoms with van der Waals surface area (Å²) >= 11 is 0. The minimum Gasteiger partial charge on any atom is -0.480 e. The van der Waals surface area contributed by atoms with Crippen molar-refractivity contribution in [2.24, 2.45) is 0 Å². The SMILES string of the molecule is CCN(CC(=O)O)C1CC(NC(=O)c2cccc(C(=O)NC)c2)C1. The molecule has 0 spiro atoms. The first-order chi connectivity index (χ1) is 11.4. The first-order valence-corrected chi connectivity index (χ1v) is 8.03. The van der Waals surface area contributed by atoms with Gasteiger partial charge in [-0.1, -0.05) is 13.0 Å². The third-order valence-electron chi connectivity index (χ3n) is 4.32. The van der Waals surface area contributed by atoms with Crippen molar-refractivity contribution < 1.29 is 19.5 Å². The fraction of sp³-hybridized carbons (Fsp3) is 0.471. The topological polar surface area (TPSA) is 98.7 Å². The largest absolute Gasteiger partial charge is 0.480 e. The van der Waals surface area contributed by atoms with Crippen LogP contribution in [0.3, 0.4) is 0 Å². The van der Waals surface area contributed by atoms with E-state index in [1.807, 2.05) is 11.8 Å². The minimum absolute atomic E-state index is 0.0238. The van der Waals surface area contributed by atoms with Crippen molar-refractivity contribution in [3.8, 4) is 0 Å². The number of likely N-dealkylation sites (N-methyl/N-ethyl adjacent to an activating group) is 1. The Morgan fingerprint density at radius 3 is 2.38 bits per heavy atom. The molecule has 2 rings (SSSR count). The highest BCUT2D eigenvalue weighted by atomic mass is 16.4. The van der Waals surface area contributed by atoms with E-state index in [-0.39, 0.29) is 30.4 Å². The van der Waals surface area contributed by atoms with E-state index < -0.39 is 5.97 Å². The van der Waals surface area contributed by atoms with Gasteiger partial charge in [0, 0.05) is 30.3 Å². The predicted octanol–water partition coefficient (Wildman–Crippen LogP) is 0.714. The van der Waals surface area contributed by atoms with E-state index >= 15 is 0 Å². The molecule has 130 valence electrons. The van der Waals surface area contributed by atoms with E-state index in [1.165, 1.54) is 0 Å². The molecule has 1 fully saturated rings. The molecule has 0 aliphatic heterocycles. The van der Waals surface area contributed by atoms with Gasteiger partial charge in [-0.15, -0.1) is 0 Å². The van der Waals surface area contributed by atoms with Crippen molar-refractivity contribution in [1.82, 2.24) is 15.5 Å². The quantitative estimate of drug-likeness (QED) is 0.683. The molecule has 0 radical (unpaired) electrons. The summed E-state index contributed by atoms with van der Waals surface area (Å²) in [5.74, 6) is -1.29. The van der Waals surface area contributed by atoms with Crippen LogP contribution < -0.4 is 10.6 Å². The van der Waals surface area contributed by atoms with E-state index in [1.54, 1.807) is 31.3 Å². The maximum atomic E-state index is 12.3. The highest BCUT2D eigenvalue weighted by Crippen LogP contribution is 2.25. The highest BCUT2D eigenvalue weighted by molar-refractivity contribution is 5.99. The summed E-state index contributed by atoms with van der Waals surface area (Å²) in [6.07, 6.45) is 1.48. The summed E-state index contributed by atoms with van der Waals surface area (Å²) in [7, 11) is 1.54. The Labute approximate surface area is 141 Å². The number of carboxylic acid groups (broad SMARTS) is 1. The number of nitrogens with one attached hydrogen (secondary N) is 2. The van der Waals surface area contributed by atoms with Gasteiger partial charge in [0.05, 0.1) is 6.54 Å². The molecular weight excluding hydrogens is 310 g/mol. The van der Waals surface area contributed by atoms with Crippen LogP contribution in [-0.4, -0.2) is 60.0 Å². The summed E-state index contributed by atoms with van der Waals surface area (Å²) in [5, 5.41) is 14.4. The van der Waals surface area contributed by atoms with Crippen molar-refractivity contribution in [2.45, 2.75) is 31.8 Å². The second-order valence-electron chi connectivity index (χ2n) is 5.91. The van der Waals surface area contributed by atoms with Crippen molar-refractivity contribution in [3.05, 3.63) is 35.4 Å². The Bertz CT molecular complexity index is 626. The minimum atomic E-state index is -0.838. The number of hydrogen-bond donors (Lipinski definition) is 3. The zero-order chi connectivity index (χ0) is 17.7. The molecule has 1 saturated carbocycles. The van der Waals surface area contributed by atoms with Crippen LogP contribution in [0.5, 0.6) is 0 Å². The molecule has 3 N–H and O–H groups in total. The number of hydrogen-bond acceptors (Lipinski definition) is 4. The van der Waals surface area contributed by atoms with E-state index in [9.17, 15) is 14.4 Å². The van der Waals surface area contributed by atoms with Crippen LogP contribution in [0.25, 0.3) is 0 Å². The molecule has 7 heteroatoms. The van der Waals surface area contributed by atoms with Crippen LogP contribution in [0.1, 0.15) is 40.5 Å². The molecule has 24 heavy (non-hydrogen) atoms. The zero-order valence-electron chi connectivity index (χ0n) is 13.9. The molecule has 0 heterocycles. The fourth-order valence-corrected chi connectivity index (χ4v) is 2.89. The van der Waals surface area contributed by atoms with E-state index in [0.29, 0.717) is 17.7 Å². The van der Waals surface area contributed by atoms with Gasteiger partial charge in [0.25, 0.3) is 11.8 Å². The second-order valence-corrected chi connectivity index (χ2v) is 5.91. The first-order valence-electron chi connectivity index (χ1n) is 8.03. The molecule has 2 amide bonds. The maximum Gasteiger partial charge on any atom is 0.317 e. The van der Waals surface area contributed by atoms with Crippen LogP contribution in [-0.2, 0) is 4.79 Å². The third kappa shape index (κ3) is 4.32. The average Bonchev–Trinajstić information content (AvgIpc) is 2.54. The number of nitrogens with zero attached hydrogens (tertiary/aromatic N) is 1. The molecule has 0 unspecified atom stereocenters. The number of rotatable bonds is 7. The molecule has 1 aromatic rings. The Kier molecular flexibility index (Phi) is 5.92. The van der Waals surface area contributed by atoms with Crippen molar-refractivity contribution in [1.29, 1.82) is 0 Å². The molecule has 1 aliphatic carbocycles. The lowest BCUT2D eigenvalue weighted by Gasteiger charge is -2.42. The fourth-order valence-electron chi connectivity index (χ4n) is 2.89. The van der Waals surface area contributed by atoms with Crippen molar-refractivity contribution >= 4 is 17.8 Å². The van der Waals surface area contributed by atoms with Crippen molar-refractivity contribution in [2.75, 3.05) is 20.1 Å². The molecule has 0 atom stereocenters. The molecular formula is C17H23N3O4. The number of carbonyl (C=O) groups excluding carboxylic acids is 2. The number of carbonyl (C=O) groups is 3. The van der Waals surface area contributed by atoms with Gasteiger partial charge in [0.15, 0.2) is 0 Å². The zero-order valence-corrected chi connectivity index (χ0v) is 13.9. The van der Waals surface area contributed by atoms with Crippen LogP contribution in [0, 0.1) is 0 Å². The van der Waals surface area contributed by atoms with Crippen LogP contribution in [0.2, 0.25) is 0 Å². The van der Waals surface area contributed by atoms with Gasteiger partial charge in [-0.25, -0.2) is 0 Å². The smallest absolute Gasteiger partial charge is 0.317 e. The van der Waals surface area contributed by atoms with E-state index in [2.05, 4.69) is 10.6 Å². The van der Waals surface area contributed by atoms with E-state index in [0.717, 1.165) is 12.8 Å². The molecule has 1 aliphatic rings. The molecule has 0 aromatic heterocycles. The summed E-state index contributed by atoms with van der Waals surface area (Å²) < 4.78 is 0. The Morgan fingerprint density at radius 2 is 1.83 bits per heavy atom. The van der Waals surface area contributed by atoms with Gasteiger partial charge in [-0.3, -0.25) is 19.3 Å². The molecule has 7 nitrogen and oxygen atoms in total. The second kappa shape index (κ2) is 7.92. The summed E-state index contributed by atoms with van der Waals surface area (Å²) in [6, 6.07) is 6.78. The monoisotopic (exact) mass is 333 g/mol. The van der Waals surface area contributed by atoms with Gasteiger partial charge in [0.1, 0.15) is 0 Å². The Hall–Kier alpha value is -2.41. The highest BCUT2D eigenvalue weighted by Gasteiger charge is 2.34.